The number of nitrogens with zero attached hydrogens (tertiary/aromatic N) is 2. The number of benzene rings is 2. The van der Waals surface area contributed by atoms with Crippen molar-refractivity contribution in [2.75, 3.05) is 24.6 Å². The first kappa shape index (κ1) is 19.6. The van der Waals surface area contributed by atoms with Crippen LogP contribution in [0.1, 0.15) is 23.0 Å². The zero-order valence-electron chi connectivity index (χ0n) is 15.7. The number of carbonyl (C=O) groups is 2. The summed E-state index contributed by atoms with van der Waals surface area (Å²) in [5.41, 5.74) is 2.39. The van der Waals surface area contributed by atoms with E-state index < -0.39 is 5.97 Å². The Morgan fingerprint density at radius 2 is 1.93 bits per heavy atom. The fourth-order valence-electron chi connectivity index (χ4n) is 3.62. The minimum Gasteiger partial charge on any atom is -0.461 e. The molecule has 2 heterocycles. The monoisotopic (exact) mass is 431 g/mol. The van der Waals surface area contributed by atoms with Crippen molar-refractivity contribution < 1.29 is 14.3 Å². The first-order valence-electron chi connectivity index (χ1n) is 9.27. The highest BCUT2D eigenvalue weighted by Gasteiger charge is 2.32. The molecule has 0 saturated carbocycles. The zero-order chi connectivity index (χ0) is 20.5. The molecule has 6 nitrogen and oxygen atoms in total. The number of rotatable bonds is 5. The van der Waals surface area contributed by atoms with Gasteiger partial charge in [-0.15, -0.1) is 0 Å². The summed E-state index contributed by atoms with van der Waals surface area (Å²) in [6.45, 7) is 3.32. The van der Waals surface area contributed by atoms with Gasteiger partial charge in [0.05, 0.1) is 18.2 Å². The highest BCUT2D eigenvalue weighted by Crippen LogP contribution is 2.34. The van der Waals surface area contributed by atoms with E-state index in [0.29, 0.717) is 39.6 Å². The summed E-state index contributed by atoms with van der Waals surface area (Å²) in [7, 11) is 0. The summed E-state index contributed by atoms with van der Waals surface area (Å²) in [5.74, 6) is -0.488. The molecular formula is C21H19Cl2N3O3. The zero-order valence-corrected chi connectivity index (χ0v) is 17.3. The summed E-state index contributed by atoms with van der Waals surface area (Å²) < 4.78 is 5.19. The van der Waals surface area contributed by atoms with Crippen molar-refractivity contribution in [3.05, 3.63) is 63.8 Å². The van der Waals surface area contributed by atoms with Crippen molar-refractivity contribution in [2.45, 2.75) is 13.5 Å². The fourth-order valence-corrected chi connectivity index (χ4v) is 4.22. The molecule has 1 aromatic heterocycles. The van der Waals surface area contributed by atoms with Gasteiger partial charge in [-0.05, 0) is 31.2 Å². The highest BCUT2D eigenvalue weighted by atomic mass is 35.5. The molecule has 0 unspecified atom stereocenters. The molecule has 29 heavy (non-hydrogen) atoms. The molecule has 0 bridgehead atoms. The van der Waals surface area contributed by atoms with Crippen LogP contribution in [-0.2, 0) is 11.3 Å². The molecule has 0 spiro atoms. The Hall–Kier alpha value is -2.70. The predicted octanol–water partition coefficient (Wildman–Crippen LogP) is 5.09. The lowest BCUT2D eigenvalue weighted by Crippen LogP contribution is -2.31. The number of fused-ring (bicyclic) bond motifs is 1. The maximum atomic E-state index is 13.0. The number of halogens is 2. The first-order valence-corrected chi connectivity index (χ1v) is 10.0. The second-order valence-corrected chi connectivity index (χ2v) is 7.54. The van der Waals surface area contributed by atoms with E-state index in [2.05, 4.69) is 4.98 Å². The van der Waals surface area contributed by atoms with E-state index >= 15 is 0 Å². The Morgan fingerprint density at radius 3 is 2.66 bits per heavy atom. The number of esters is 1. The van der Waals surface area contributed by atoms with Gasteiger partial charge >= 0.3 is 12.0 Å². The van der Waals surface area contributed by atoms with E-state index in [0.717, 1.165) is 5.69 Å². The van der Waals surface area contributed by atoms with Crippen LogP contribution in [0.25, 0.3) is 10.9 Å². The number of aromatic amines is 1. The van der Waals surface area contributed by atoms with Gasteiger partial charge in [-0.2, -0.15) is 0 Å². The van der Waals surface area contributed by atoms with E-state index in [-0.39, 0.29) is 24.9 Å². The molecule has 0 radical (unpaired) electrons. The normalized spacial score (nSPS) is 14.1. The standard InChI is InChI=1S/C21H19Cl2N3O3/c1-2-29-20(27)19-15(18-16(23)10-13(22)11-17(18)24-19)12-25-8-9-26(21(25)28)14-6-4-3-5-7-14/h3-7,10-11,24H,2,8-9,12H2,1H3. The Labute approximate surface area is 177 Å². The average Bonchev–Trinajstić information content (AvgIpc) is 3.24. The maximum Gasteiger partial charge on any atom is 0.355 e. The van der Waals surface area contributed by atoms with Crippen molar-refractivity contribution in [3.8, 4) is 0 Å². The summed E-state index contributed by atoms with van der Waals surface area (Å²) in [6.07, 6.45) is 0. The third-order valence-electron chi connectivity index (χ3n) is 4.91. The minimum absolute atomic E-state index is 0.120. The van der Waals surface area contributed by atoms with E-state index in [1.165, 1.54) is 0 Å². The van der Waals surface area contributed by atoms with Crippen LogP contribution in [0, 0.1) is 0 Å². The molecular weight excluding hydrogens is 413 g/mol. The number of para-hydroxylation sites is 1. The van der Waals surface area contributed by atoms with E-state index in [1.54, 1.807) is 28.9 Å². The van der Waals surface area contributed by atoms with Crippen LogP contribution in [0.15, 0.2) is 42.5 Å². The number of carbonyl (C=O) groups excluding carboxylic acids is 2. The number of urea groups is 1. The molecule has 150 valence electrons. The Kier molecular flexibility index (Phi) is 5.39. The van der Waals surface area contributed by atoms with Gasteiger partial charge in [-0.1, -0.05) is 41.4 Å². The molecule has 2 amide bonds. The number of nitrogens with one attached hydrogen (secondary N) is 1. The van der Waals surface area contributed by atoms with Gasteiger partial charge in [0.2, 0.25) is 0 Å². The molecule has 0 atom stereocenters. The van der Waals surface area contributed by atoms with Crippen molar-refractivity contribution in [1.82, 2.24) is 9.88 Å². The number of anilines is 1. The lowest BCUT2D eigenvalue weighted by atomic mass is 10.1. The van der Waals surface area contributed by atoms with Crippen LogP contribution < -0.4 is 4.90 Å². The highest BCUT2D eigenvalue weighted by molar-refractivity contribution is 6.39. The number of hydrogen-bond donors (Lipinski definition) is 1. The van der Waals surface area contributed by atoms with Crippen molar-refractivity contribution in [2.24, 2.45) is 0 Å². The summed E-state index contributed by atoms with van der Waals surface area (Å²) in [4.78, 5) is 32.0. The van der Waals surface area contributed by atoms with E-state index in [4.69, 9.17) is 27.9 Å². The Balaban J connectivity index is 1.71. The molecule has 8 heteroatoms. The van der Waals surface area contributed by atoms with E-state index in [9.17, 15) is 9.59 Å². The molecule has 1 aliphatic rings. The van der Waals surface area contributed by atoms with Crippen LogP contribution in [0.5, 0.6) is 0 Å². The number of aromatic nitrogens is 1. The molecule has 1 aliphatic heterocycles. The summed E-state index contributed by atoms with van der Waals surface area (Å²) in [5, 5.41) is 1.55. The quantitative estimate of drug-likeness (QED) is 0.571. The van der Waals surface area contributed by atoms with Gasteiger partial charge in [0, 0.05) is 40.3 Å². The van der Waals surface area contributed by atoms with Gasteiger partial charge in [-0.25, -0.2) is 9.59 Å². The smallest absolute Gasteiger partial charge is 0.355 e. The van der Waals surface area contributed by atoms with Crippen LogP contribution in [-0.4, -0.2) is 41.6 Å². The van der Waals surface area contributed by atoms with Crippen LogP contribution in [0.2, 0.25) is 10.0 Å². The number of hydrogen-bond acceptors (Lipinski definition) is 3. The molecule has 3 aromatic rings. The molecule has 4 rings (SSSR count). The molecule has 1 N–H and O–H groups in total. The summed E-state index contributed by atoms with van der Waals surface area (Å²) in [6, 6.07) is 12.7. The van der Waals surface area contributed by atoms with Gasteiger partial charge in [0.25, 0.3) is 0 Å². The topological polar surface area (TPSA) is 65.6 Å². The predicted molar refractivity (Wildman–Crippen MR) is 114 cm³/mol. The summed E-state index contributed by atoms with van der Waals surface area (Å²) >= 11 is 12.6. The number of ether oxygens (including phenoxy) is 1. The lowest BCUT2D eigenvalue weighted by Gasteiger charge is -2.19. The lowest BCUT2D eigenvalue weighted by molar-refractivity contribution is 0.0518. The number of amides is 2. The Morgan fingerprint density at radius 1 is 1.17 bits per heavy atom. The molecule has 1 fully saturated rings. The SMILES string of the molecule is CCOC(=O)c1[nH]c2cc(Cl)cc(Cl)c2c1CN1CCN(c2ccccc2)C1=O. The molecule has 1 saturated heterocycles. The van der Waals surface area contributed by atoms with Gasteiger partial charge < -0.3 is 14.6 Å². The van der Waals surface area contributed by atoms with Crippen LogP contribution >= 0.6 is 23.2 Å². The van der Waals surface area contributed by atoms with E-state index in [1.807, 2.05) is 30.3 Å². The van der Waals surface area contributed by atoms with Crippen molar-refractivity contribution >= 4 is 51.8 Å². The van der Waals surface area contributed by atoms with Crippen molar-refractivity contribution in [1.29, 1.82) is 0 Å². The third-order valence-corrected chi connectivity index (χ3v) is 5.43. The van der Waals surface area contributed by atoms with Gasteiger partial charge in [0.15, 0.2) is 0 Å². The fraction of sp³-hybridized carbons (Fsp3) is 0.238. The van der Waals surface area contributed by atoms with Crippen LogP contribution in [0.3, 0.4) is 0 Å². The van der Waals surface area contributed by atoms with Crippen LogP contribution in [0.4, 0.5) is 10.5 Å². The second kappa shape index (κ2) is 7.97. The second-order valence-electron chi connectivity index (χ2n) is 6.70. The number of H-pyrrole nitrogens is 1. The molecule has 2 aromatic carbocycles. The Bertz CT molecular complexity index is 1080. The third kappa shape index (κ3) is 3.66. The van der Waals surface area contributed by atoms with Crippen molar-refractivity contribution in [3.63, 3.8) is 0 Å². The maximum absolute atomic E-state index is 13.0. The first-order chi connectivity index (χ1) is 14.0. The average molecular weight is 432 g/mol. The van der Waals surface area contributed by atoms with Gasteiger partial charge in [0.1, 0.15) is 5.69 Å². The van der Waals surface area contributed by atoms with Gasteiger partial charge in [-0.3, -0.25) is 4.90 Å². The molecule has 0 aliphatic carbocycles. The largest absolute Gasteiger partial charge is 0.461 e. The minimum atomic E-state index is -0.488.